The Balaban J connectivity index is 0.00000192. The number of halogens is 3. The van der Waals surface area contributed by atoms with Crippen molar-refractivity contribution in [2.45, 2.75) is 25.3 Å². The second-order valence-corrected chi connectivity index (χ2v) is 6.03. The highest BCUT2D eigenvalue weighted by molar-refractivity contribution is 5.85. The Morgan fingerprint density at radius 1 is 1.17 bits per heavy atom. The van der Waals surface area contributed by atoms with Crippen LogP contribution < -0.4 is 15.5 Å². The molecule has 1 aromatic carbocycles. The van der Waals surface area contributed by atoms with Gasteiger partial charge in [0.2, 0.25) is 5.91 Å². The van der Waals surface area contributed by atoms with Crippen molar-refractivity contribution < 1.29 is 13.6 Å². The van der Waals surface area contributed by atoms with Crippen LogP contribution >= 0.6 is 12.4 Å². The number of piperidine rings is 1. The number of benzene rings is 1. The molecule has 3 rings (SSSR count). The van der Waals surface area contributed by atoms with Crippen LogP contribution in [0.4, 0.5) is 14.5 Å². The average molecular weight is 346 g/mol. The molecule has 1 atom stereocenters. The Morgan fingerprint density at radius 3 is 2.48 bits per heavy atom. The summed E-state index contributed by atoms with van der Waals surface area (Å²) in [5.41, 5.74) is 0.0149. The quantitative estimate of drug-likeness (QED) is 0.881. The number of carbonyl (C=O) groups excluding carboxylic acids is 1. The number of amides is 1. The van der Waals surface area contributed by atoms with E-state index in [1.54, 1.807) is 4.90 Å². The fraction of sp³-hybridized carbons (Fsp3) is 0.562. The normalized spacial score (nSPS) is 21.8. The van der Waals surface area contributed by atoms with Crippen molar-refractivity contribution in [1.29, 1.82) is 0 Å². The van der Waals surface area contributed by atoms with Gasteiger partial charge in [0, 0.05) is 25.0 Å². The first kappa shape index (κ1) is 17.9. The minimum absolute atomic E-state index is 0. The summed E-state index contributed by atoms with van der Waals surface area (Å²) < 4.78 is 27.6. The maximum Gasteiger partial charge on any atom is 0.223 e. The lowest BCUT2D eigenvalue weighted by molar-refractivity contribution is -0.126. The molecule has 1 aromatic rings. The second kappa shape index (κ2) is 7.93. The molecule has 4 nitrogen and oxygen atoms in total. The van der Waals surface area contributed by atoms with Crippen LogP contribution in [0.1, 0.15) is 19.3 Å². The molecule has 23 heavy (non-hydrogen) atoms. The van der Waals surface area contributed by atoms with Crippen molar-refractivity contribution in [1.82, 2.24) is 10.6 Å². The summed E-state index contributed by atoms with van der Waals surface area (Å²) in [4.78, 5) is 13.9. The molecule has 2 N–H and O–H groups in total. The average Bonchev–Trinajstić information content (AvgIpc) is 2.96. The van der Waals surface area contributed by atoms with Crippen LogP contribution in [0.15, 0.2) is 18.2 Å². The van der Waals surface area contributed by atoms with Gasteiger partial charge in [-0.3, -0.25) is 4.79 Å². The summed E-state index contributed by atoms with van der Waals surface area (Å²) in [5, 5.41) is 6.27. The first-order valence-corrected chi connectivity index (χ1v) is 7.85. The zero-order valence-electron chi connectivity index (χ0n) is 12.9. The first-order valence-electron chi connectivity index (χ1n) is 7.85. The minimum atomic E-state index is -0.551. The number of nitrogens with one attached hydrogen (secondary N) is 2. The van der Waals surface area contributed by atoms with E-state index in [0.29, 0.717) is 19.5 Å². The smallest absolute Gasteiger partial charge is 0.223 e. The van der Waals surface area contributed by atoms with Gasteiger partial charge in [0.1, 0.15) is 17.3 Å². The van der Waals surface area contributed by atoms with Gasteiger partial charge in [-0.2, -0.15) is 0 Å². The predicted molar refractivity (Wildman–Crippen MR) is 88.0 cm³/mol. The van der Waals surface area contributed by atoms with Crippen LogP contribution in [0, 0.1) is 17.6 Å². The highest BCUT2D eigenvalue weighted by Gasteiger charge is 2.29. The van der Waals surface area contributed by atoms with Crippen molar-refractivity contribution in [3.05, 3.63) is 29.8 Å². The molecule has 2 aliphatic rings. The monoisotopic (exact) mass is 345 g/mol. The molecule has 0 aromatic heterocycles. The van der Waals surface area contributed by atoms with Crippen molar-refractivity contribution >= 4 is 24.0 Å². The van der Waals surface area contributed by atoms with Crippen LogP contribution in [-0.4, -0.2) is 38.1 Å². The van der Waals surface area contributed by atoms with E-state index in [1.807, 2.05) is 0 Å². The minimum Gasteiger partial charge on any atom is -0.365 e. The van der Waals surface area contributed by atoms with Gasteiger partial charge < -0.3 is 15.5 Å². The van der Waals surface area contributed by atoms with Gasteiger partial charge in [-0.05, 0) is 44.5 Å². The molecule has 2 fully saturated rings. The summed E-state index contributed by atoms with van der Waals surface area (Å²) in [6.45, 7) is 2.74. The maximum atomic E-state index is 13.8. The molecule has 1 amide bonds. The van der Waals surface area contributed by atoms with Gasteiger partial charge in [0.05, 0.1) is 0 Å². The Labute approximate surface area is 141 Å². The Kier molecular flexibility index (Phi) is 6.18. The van der Waals surface area contributed by atoms with E-state index in [9.17, 15) is 13.6 Å². The fourth-order valence-electron chi connectivity index (χ4n) is 3.28. The summed E-state index contributed by atoms with van der Waals surface area (Å²) in [5.74, 6) is -0.974. The van der Waals surface area contributed by atoms with Crippen LogP contribution in [0.5, 0.6) is 0 Å². The molecule has 0 aliphatic carbocycles. The predicted octanol–water partition coefficient (Wildman–Crippen LogP) is 2.08. The summed E-state index contributed by atoms with van der Waals surface area (Å²) in [6, 6.07) is 3.85. The molecule has 2 saturated heterocycles. The number of nitrogens with zero attached hydrogens (tertiary/aromatic N) is 1. The van der Waals surface area contributed by atoms with E-state index in [2.05, 4.69) is 10.6 Å². The Hall–Kier alpha value is -1.40. The largest absolute Gasteiger partial charge is 0.365 e. The molecule has 2 heterocycles. The molecule has 128 valence electrons. The molecule has 2 aliphatic heterocycles. The van der Waals surface area contributed by atoms with Crippen molar-refractivity contribution in [2.75, 3.05) is 31.1 Å². The van der Waals surface area contributed by atoms with Gasteiger partial charge in [0.15, 0.2) is 0 Å². The molecular formula is C16H22ClF2N3O. The van der Waals surface area contributed by atoms with Crippen LogP contribution in [0.2, 0.25) is 0 Å². The third-order valence-electron chi connectivity index (χ3n) is 4.50. The highest BCUT2D eigenvalue weighted by Crippen LogP contribution is 2.27. The molecule has 0 radical (unpaired) electrons. The van der Waals surface area contributed by atoms with Gasteiger partial charge in [-0.1, -0.05) is 6.07 Å². The lowest BCUT2D eigenvalue weighted by Crippen LogP contribution is -2.43. The van der Waals surface area contributed by atoms with Crippen molar-refractivity contribution in [2.24, 2.45) is 5.92 Å². The summed E-state index contributed by atoms with van der Waals surface area (Å²) >= 11 is 0. The Morgan fingerprint density at radius 2 is 1.83 bits per heavy atom. The van der Waals surface area contributed by atoms with E-state index in [0.717, 1.165) is 25.9 Å². The zero-order chi connectivity index (χ0) is 15.5. The lowest BCUT2D eigenvalue weighted by atomic mass is 9.97. The number of para-hydroxylation sites is 1. The Bertz CT molecular complexity index is 532. The molecule has 0 saturated carbocycles. The van der Waals surface area contributed by atoms with E-state index < -0.39 is 11.6 Å². The SMILES string of the molecule is Cl.O=C(NC1CCN(c2c(F)cccc2F)C1)C1CCNCC1. The number of carbonyl (C=O) groups is 1. The molecule has 0 bridgehead atoms. The van der Waals surface area contributed by atoms with E-state index in [4.69, 9.17) is 0 Å². The van der Waals surface area contributed by atoms with E-state index in [-0.39, 0.29) is 36.0 Å². The molecule has 7 heteroatoms. The van der Waals surface area contributed by atoms with E-state index >= 15 is 0 Å². The molecular weight excluding hydrogens is 324 g/mol. The van der Waals surface area contributed by atoms with Crippen LogP contribution in [0.3, 0.4) is 0 Å². The second-order valence-electron chi connectivity index (χ2n) is 6.03. The van der Waals surface area contributed by atoms with Crippen molar-refractivity contribution in [3.8, 4) is 0 Å². The molecule has 1 unspecified atom stereocenters. The van der Waals surface area contributed by atoms with Gasteiger partial charge in [-0.15, -0.1) is 12.4 Å². The van der Waals surface area contributed by atoms with Gasteiger partial charge in [0.25, 0.3) is 0 Å². The zero-order valence-corrected chi connectivity index (χ0v) is 13.7. The lowest BCUT2D eigenvalue weighted by Gasteiger charge is -2.24. The fourth-order valence-corrected chi connectivity index (χ4v) is 3.28. The third kappa shape index (κ3) is 4.12. The molecule has 0 spiro atoms. The summed E-state index contributed by atoms with van der Waals surface area (Å²) in [7, 11) is 0. The van der Waals surface area contributed by atoms with Gasteiger partial charge >= 0.3 is 0 Å². The maximum absolute atomic E-state index is 13.8. The highest BCUT2D eigenvalue weighted by atomic mass is 35.5. The number of rotatable bonds is 3. The number of hydrogen-bond donors (Lipinski definition) is 2. The van der Waals surface area contributed by atoms with Crippen molar-refractivity contribution in [3.63, 3.8) is 0 Å². The van der Waals surface area contributed by atoms with Gasteiger partial charge in [-0.25, -0.2) is 8.78 Å². The van der Waals surface area contributed by atoms with Crippen LogP contribution in [-0.2, 0) is 4.79 Å². The number of anilines is 1. The van der Waals surface area contributed by atoms with E-state index in [1.165, 1.54) is 18.2 Å². The topological polar surface area (TPSA) is 44.4 Å². The van der Waals surface area contributed by atoms with Crippen LogP contribution in [0.25, 0.3) is 0 Å². The standard InChI is InChI=1S/C16H21F2N3O.ClH/c17-13-2-1-3-14(18)15(13)21-9-6-12(10-21)20-16(22)11-4-7-19-8-5-11;/h1-3,11-12,19H,4-10H2,(H,20,22);1H. The summed E-state index contributed by atoms with van der Waals surface area (Å²) in [6.07, 6.45) is 2.42. The third-order valence-corrected chi connectivity index (χ3v) is 4.50. The first-order chi connectivity index (χ1) is 10.6. The number of hydrogen-bond acceptors (Lipinski definition) is 3.